The first-order chi connectivity index (χ1) is 16.9. The van der Waals surface area contributed by atoms with Gasteiger partial charge in [-0.25, -0.2) is 23.9 Å². The summed E-state index contributed by atoms with van der Waals surface area (Å²) in [6, 6.07) is 7.08. The van der Waals surface area contributed by atoms with Crippen LogP contribution < -0.4 is 10.3 Å². The van der Waals surface area contributed by atoms with Gasteiger partial charge in [-0.15, -0.1) is 0 Å². The molecule has 35 heavy (non-hydrogen) atoms. The molecule has 0 aliphatic heterocycles. The van der Waals surface area contributed by atoms with E-state index in [9.17, 15) is 14.3 Å². The topological polar surface area (TPSA) is 137 Å². The lowest BCUT2D eigenvalue weighted by Crippen LogP contribution is -2.24. The van der Waals surface area contributed by atoms with Gasteiger partial charge in [0.25, 0.3) is 5.56 Å². The summed E-state index contributed by atoms with van der Waals surface area (Å²) in [5.74, 6) is 1.48. The molecule has 1 atom stereocenters. The van der Waals surface area contributed by atoms with E-state index in [4.69, 9.17) is 20.9 Å². The van der Waals surface area contributed by atoms with Crippen molar-refractivity contribution in [3.63, 3.8) is 0 Å². The van der Waals surface area contributed by atoms with Crippen LogP contribution in [0, 0.1) is 0 Å². The van der Waals surface area contributed by atoms with Crippen molar-refractivity contribution >= 4 is 30.5 Å². The quantitative estimate of drug-likeness (QED) is 0.336. The molecule has 4 aromatic rings. The van der Waals surface area contributed by atoms with Crippen molar-refractivity contribution in [1.29, 1.82) is 0 Å². The summed E-state index contributed by atoms with van der Waals surface area (Å²) in [5, 5.41) is 0.625. The Kier molecular flexibility index (Phi) is 6.75. The van der Waals surface area contributed by atoms with Crippen LogP contribution in [0.4, 0.5) is 0 Å². The van der Waals surface area contributed by atoms with Gasteiger partial charge in [-0.2, -0.15) is 0 Å². The van der Waals surface area contributed by atoms with E-state index in [0.29, 0.717) is 60.8 Å². The SMILES string of the molecule is O=c1[nH]cnc2nc(C3CCC(OP(=O)(O)n4ccnc4)CC3)n(CCOc3ccc(Cl)cc3)c12. The third kappa shape index (κ3) is 5.18. The Balaban J connectivity index is 1.31. The third-order valence-corrected chi connectivity index (χ3v) is 7.73. The summed E-state index contributed by atoms with van der Waals surface area (Å²) in [5.41, 5.74) is 0.521. The number of ether oxygens (including phenoxy) is 1. The molecule has 184 valence electrons. The number of imidazole rings is 2. The largest absolute Gasteiger partial charge is 0.492 e. The van der Waals surface area contributed by atoms with E-state index in [1.807, 2.05) is 4.57 Å². The summed E-state index contributed by atoms with van der Waals surface area (Å²) in [6.45, 7) is 0.734. The molecule has 3 aromatic heterocycles. The molecule has 1 aromatic carbocycles. The lowest BCUT2D eigenvalue weighted by molar-refractivity contribution is 0.123. The van der Waals surface area contributed by atoms with Gasteiger partial charge in [-0.3, -0.25) is 9.32 Å². The Hall–Kier alpha value is -2.98. The van der Waals surface area contributed by atoms with Crippen LogP contribution in [0.5, 0.6) is 5.75 Å². The molecule has 13 heteroatoms. The maximum atomic E-state index is 12.6. The van der Waals surface area contributed by atoms with E-state index in [0.717, 1.165) is 10.2 Å². The number of nitrogens with zero attached hydrogens (tertiary/aromatic N) is 5. The Bertz CT molecular complexity index is 1400. The summed E-state index contributed by atoms with van der Waals surface area (Å²) in [4.78, 5) is 38.2. The number of fused-ring (bicyclic) bond motifs is 1. The maximum absolute atomic E-state index is 12.6. The van der Waals surface area contributed by atoms with Gasteiger partial charge >= 0.3 is 7.75 Å². The number of rotatable bonds is 8. The molecule has 0 spiro atoms. The van der Waals surface area contributed by atoms with E-state index in [1.165, 1.54) is 25.0 Å². The monoisotopic (exact) mass is 518 g/mol. The van der Waals surface area contributed by atoms with Gasteiger partial charge in [0.05, 0.1) is 19.0 Å². The lowest BCUT2D eigenvalue weighted by Gasteiger charge is -2.29. The van der Waals surface area contributed by atoms with E-state index in [2.05, 4.69) is 19.9 Å². The van der Waals surface area contributed by atoms with Crippen LogP contribution in [-0.4, -0.2) is 46.4 Å². The highest BCUT2D eigenvalue weighted by Gasteiger charge is 2.33. The van der Waals surface area contributed by atoms with Gasteiger partial charge in [-0.1, -0.05) is 11.6 Å². The van der Waals surface area contributed by atoms with Crippen molar-refractivity contribution in [2.75, 3.05) is 6.61 Å². The number of hydrogen-bond donors (Lipinski definition) is 2. The second kappa shape index (κ2) is 9.94. The smallest absolute Gasteiger partial charge is 0.437 e. The Morgan fingerprint density at radius 2 is 1.97 bits per heavy atom. The molecular formula is C22H24ClN6O5P. The summed E-state index contributed by atoms with van der Waals surface area (Å²) < 4.78 is 26.9. The number of H-pyrrole nitrogens is 1. The molecule has 0 bridgehead atoms. The maximum Gasteiger partial charge on any atom is 0.437 e. The predicted molar refractivity (Wildman–Crippen MR) is 129 cm³/mol. The Morgan fingerprint density at radius 3 is 2.69 bits per heavy atom. The van der Waals surface area contributed by atoms with Crippen molar-refractivity contribution in [1.82, 2.24) is 28.8 Å². The zero-order valence-corrected chi connectivity index (χ0v) is 20.3. The number of aromatic nitrogens is 6. The highest BCUT2D eigenvalue weighted by Crippen LogP contribution is 2.47. The fourth-order valence-corrected chi connectivity index (χ4v) is 5.64. The number of benzene rings is 1. The second-order valence-electron chi connectivity index (χ2n) is 8.34. The molecule has 11 nitrogen and oxygen atoms in total. The minimum absolute atomic E-state index is 0.0466. The fraction of sp³-hybridized carbons (Fsp3) is 0.364. The molecular weight excluding hydrogens is 495 g/mol. The summed E-state index contributed by atoms with van der Waals surface area (Å²) in [6.07, 6.45) is 7.63. The molecule has 0 saturated heterocycles. The van der Waals surface area contributed by atoms with Crippen LogP contribution in [0.1, 0.15) is 37.4 Å². The first kappa shape index (κ1) is 23.7. The van der Waals surface area contributed by atoms with Crippen LogP contribution in [0.15, 0.2) is 54.1 Å². The Labute approximate surface area is 205 Å². The van der Waals surface area contributed by atoms with Gasteiger partial charge in [0.15, 0.2) is 11.2 Å². The molecule has 5 rings (SSSR count). The predicted octanol–water partition coefficient (Wildman–Crippen LogP) is 3.74. The fourth-order valence-electron chi connectivity index (χ4n) is 4.39. The highest BCUT2D eigenvalue weighted by atomic mass is 35.5. The summed E-state index contributed by atoms with van der Waals surface area (Å²) in [7, 11) is -3.99. The van der Waals surface area contributed by atoms with Crippen LogP contribution >= 0.6 is 19.3 Å². The van der Waals surface area contributed by atoms with Crippen molar-refractivity contribution in [2.45, 2.75) is 44.2 Å². The minimum Gasteiger partial charge on any atom is -0.492 e. The van der Waals surface area contributed by atoms with E-state index in [-0.39, 0.29) is 17.6 Å². The molecule has 1 saturated carbocycles. The van der Waals surface area contributed by atoms with Gasteiger partial charge < -0.3 is 19.2 Å². The van der Waals surface area contributed by atoms with Crippen molar-refractivity contribution in [3.8, 4) is 5.75 Å². The molecule has 1 aliphatic rings. The zero-order valence-electron chi connectivity index (χ0n) is 18.7. The summed E-state index contributed by atoms with van der Waals surface area (Å²) >= 11 is 5.93. The lowest BCUT2D eigenvalue weighted by atomic mass is 9.87. The van der Waals surface area contributed by atoms with Crippen molar-refractivity contribution < 1.29 is 18.7 Å². The molecule has 0 radical (unpaired) electrons. The molecule has 3 heterocycles. The Morgan fingerprint density at radius 1 is 1.20 bits per heavy atom. The van der Waals surface area contributed by atoms with E-state index >= 15 is 0 Å². The number of hydrogen-bond acceptors (Lipinski definition) is 7. The van der Waals surface area contributed by atoms with E-state index in [1.54, 1.807) is 24.3 Å². The molecule has 1 unspecified atom stereocenters. The van der Waals surface area contributed by atoms with Gasteiger partial charge in [0.2, 0.25) is 0 Å². The van der Waals surface area contributed by atoms with Crippen molar-refractivity contribution in [3.05, 3.63) is 70.5 Å². The zero-order chi connectivity index (χ0) is 24.4. The van der Waals surface area contributed by atoms with E-state index < -0.39 is 7.75 Å². The number of nitrogens with one attached hydrogen (secondary N) is 1. The first-order valence-corrected chi connectivity index (χ1v) is 13.1. The molecule has 0 amide bonds. The number of aromatic amines is 1. The van der Waals surface area contributed by atoms with Crippen LogP contribution in [-0.2, 0) is 15.6 Å². The third-order valence-electron chi connectivity index (χ3n) is 6.08. The molecule has 2 N–H and O–H groups in total. The second-order valence-corrected chi connectivity index (χ2v) is 10.4. The van der Waals surface area contributed by atoms with Crippen LogP contribution in [0.2, 0.25) is 5.02 Å². The highest BCUT2D eigenvalue weighted by molar-refractivity contribution is 7.51. The van der Waals surface area contributed by atoms with Crippen LogP contribution in [0.25, 0.3) is 11.2 Å². The van der Waals surface area contributed by atoms with Gasteiger partial charge in [-0.05, 0) is 49.9 Å². The van der Waals surface area contributed by atoms with Gasteiger partial charge in [0.1, 0.15) is 24.5 Å². The molecule has 1 aliphatic carbocycles. The average molecular weight is 519 g/mol. The minimum atomic E-state index is -3.99. The number of halogens is 1. The van der Waals surface area contributed by atoms with Gasteiger partial charge in [0, 0.05) is 23.3 Å². The standard InChI is InChI=1S/C22H24ClN6O5P/c23-16-3-7-17(8-4-16)33-12-11-29-19-20(25-13-26-22(19)30)27-21(29)15-1-5-18(6-2-15)34-35(31,32)28-10-9-24-14-28/h3-4,7-10,13-15,18H,1-2,5-6,11-12H2,(H,31,32)(H,25,26,30). The first-order valence-electron chi connectivity index (χ1n) is 11.2. The molecule has 1 fully saturated rings. The van der Waals surface area contributed by atoms with Crippen molar-refractivity contribution in [2.24, 2.45) is 0 Å². The normalized spacial score (nSPS) is 20.1. The average Bonchev–Trinajstić information content (AvgIpc) is 3.51. The van der Waals surface area contributed by atoms with Crippen LogP contribution in [0.3, 0.4) is 0 Å².